The first kappa shape index (κ1) is 16.0. The van der Waals surface area contributed by atoms with Crippen LogP contribution in [-0.4, -0.2) is 32.7 Å². The molecule has 0 amide bonds. The van der Waals surface area contributed by atoms with E-state index in [9.17, 15) is 4.79 Å². The fourth-order valence-corrected chi connectivity index (χ4v) is 2.81. The molecule has 6 nitrogen and oxygen atoms in total. The van der Waals surface area contributed by atoms with E-state index in [2.05, 4.69) is 15.2 Å². The van der Waals surface area contributed by atoms with Crippen molar-refractivity contribution in [3.63, 3.8) is 0 Å². The van der Waals surface area contributed by atoms with Gasteiger partial charge in [-0.25, -0.2) is 9.78 Å². The third-order valence-electron chi connectivity index (χ3n) is 3.99. The number of rotatable bonds is 4. The molecule has 1 N–H and O–H groups in total. The van der Waals surface area contributed by atoms with E-state index in [-0.39, 0.29) is 0 Å². The van der Waals surface area contributed by atoms with E-state index >= 15 is 0 Å². The molecule has 128 valence electrons. The highest BCUT2D eigenvalue weighted by atomic mass is 16.5. The lowest BCUT2D eigenvalue weighted by Crippen LogP contribution is -2.04. The van der Waals surface area contributed by atoms with Gasteiger partial charge in [0, 0.05) is 17.1 Å². The SMILES string of the molecule is CCOC(=O)c1cc(-c2cc(-c3ccccn3)nc3ccccc23)n[nH]1. The summed E-state index contributed by atoms with van der Waals surface area (Å²) in [4.78, 5) is 21.0. The monoisotopic (exact) mass is 344 g/mol. The molecule has 0 aliphatic carbocycles. The van der Waals surface area contributed by atoms with Crippen molar-refractivity contribution < 1.29 is 9.53 Å². The highest BCUT2D eigenvalue weighted by Gasteiger charge is 2.15. The van der Waals surface area contributed by atoms with Crippen LogP contribution in [0, 0.1) is 0 Å². The van der Waals surface area contributed by atoms with Gasteiger partial charge in [-0.2, -0.15) is 5.10 Å². The molecular formula is C20H16N4O2. The highest BCUT2D eigenvalue weighted by Crippen LogP contribution is 2.30. The average Bonchev–Trinajstić information content (AvgIpc) is 3.18. The second-order valence-electron chi connectivity index (χ2n) is 5.67. The Morgan fingerprint density at radius 2 is 1.88 bits per heavy atom. The van der Waals surface area contributed by atoms with Crippen LogP contribution in [0.4, 0.5) is 0 Å². The summed E-state index contributed by atoms with van der Waals surface area (Å²) in [5.74, 6) is -0.422. The topological polar surface area (TPSA) is 80.8 Å². The van der Waals surface area contributed by atoms with Crippen LogP contribution in [0.2, 0.25) is 0 Å². The third kappa shape index (κ3) is 2.93. The fraction of sp³-hybridized carbons (Fsp3) is 0.100. The highest BCUT2D eigenvalue weighted by molar-refractivity contribution is 5.97. The lowest BCUT2D eigenvalue weighted by Gasteiger charge is -2.07. The summed E-state index contributed by atoms with van der Waals surface area (Å²) in [6.07, 6.45) is 1.74. The molecule has 26 heavy (non-hydrogen) atoms. The van der Waals surface area contributed by atoms with E-state index in [1.54, 1.807) is 19.2 Å². The van der Waals surface area contributed by atoms with Gasteiger partial charge in [-0.15, -0.1) is 0 Å². The summed E-state index contributed by atoms with van der Waals surface area (Å²) in [5, 5.41) is 8.01. The lowest BCUT2D eigenvalue weighted by atomic mass is 10.0. The molecule has 0 aliphatic rings. The maximum atomic E-state index is 11.9. The number of hydrogen-bond acceptors (Lipinski definition) is 5. The van der Waals surface area contributed by atoms with Crippen molar-refractivity contribution in [3.8, 4) is 22.6 Å². The molecular weight excluding hydrogens is 328 g/mol. The summed E-state index contributed by atoms with van der Waals surface area (Å²) >= 11 is 0. The van der Waals surface area contributed by atoms with Crippen molar-refractivity contribution >= 4 is 16.9 Å². The predicted octanol–water partition coefficient (Wildman–Crippen LogP) is 3.86. The summed E-state index contributed by atoms with van der Waals surface area (Å²) in [7, 11) is 0. The second kappa shape index (κ2) is 6.76. The zero-order valence-corrected chi connectivity index (χ0v) is 14.1. The van der Waals surface area contributed by atoms with Gasteiger partial charge in [0.25, 0.3) is 0 Å². The lowest BCUT2D eigenvalue weighted by molar-refractivity contribution is 0.0519. The standard InChI is InChI=1S/C20H16N4O2/c1-2-26-20(25)19-12-17(23-24-19)14-11-18(16-9-5-6-10-21-16)22-15-8-4-3-7-13(14)15/h3-12H,2H2,1H3,(H,23,24). The maximum absolute atomic E-state index is 11.9. The van der Waals surface area contributed by atoms with Crippen molar-refractivity contribution in [3.05, 3.63) is 66.5 Å². The van der Waals surface area contributed by atoms with E-state index in [0.29, 0.717) is 18.0 Å². The Bertz CT molecular complexity index is 1070. The molecule has 3 heterocycles. The molecule has 0 fully saturated rings. The second-order valence-corrected chi connectivity index (χ2v) is 5.67. The number of hydrogen-bond donors (Lipinski definition) is 1. The summed E-state index contributed by atoms with van der Waals surface area (Å²) in [5.41, 5.74) is 4.22. The van der Waals surface area contributed by atoms with Gasteiger partial charge in [-0.1, -0.05) is 24.3 Å². The van der Waals surface area contributed by atoms with Crippen LogP contribution in [0.15, 0.2) is 60.8 Å². The minimum atomic E-state index is -0.422. The number of pyridine rings is 2. The van der Waals surface area contributed by atoms with Crippen LogP contribution in [0.25, 0.3) is 33.5 Å². The molecule has 0 saturated heterocycles. The van der Waals surface area contributed by atoms with E-state index in [1.165, 1.54) is 0 Å². The van der Waals surface area contributed by atoms with Crippen molar-refractivity contribution in [2.75, 3.05) is 6.61 Å². The predicted molar refractivity (Wildman–Crippen MR) is 98.5 cm³/mol. The smallest absolute Gasteiger partial charge is 0.356 e. The molecule has 0 bridgehead atoms. The molecule has 0 radical (unpaired) electrons. The van der Waals surface area contributed by atoms with Crippen LogP contribution in [0.3, 0.4) is 0 Å². The van der Waals surface area contributed by atoms with E-state index in [0.717, 1.165) is 27.9 Å². The minimum Gasteiger partial charge on any atom is -0.461 e. The summed E-state index contributed by atoms with van der Waals surface area (Å²) < 4.78 is 5.03. The van der Waals surface area contributed by atoms with E-state index in [1.807, 2.05) is 48.5 Å². The van der Waals surface area contributed by atoms with Crippen LogP contribution in [-0.2, 0) is 4.74 Å². The van der Waals surface area contributed by atoms with Crippen molar-refractivity contribution in [2.45, 2.75) is 6.92 Å². The summed E-state index contributed by atoms with van der Waals surface area (Å²) in [6.45, 7) is 2.08. The van der Waals surface area contributed by atoms with Crippen LogP contribution in [0.1, 0.15) is 17.4 Å². The first-order valence-electron chi connectivity index (χ1n) is 8.30. The van der Waals surface area contributed by atoms with Crippen molar-refractivity contribution in [1.29, 1.82) is 0 Å². The Labute approximate surface area is 149 Å². The first-order chi connectivity index (χ1) is 12.8. The number of carbonyl (C=O) groups is 1. The Balaban J connectivity index is 1.87. The van der Waals surface area contributed by atoms with E-state index in [4.69, 9.17) is 9.72 Å². The summed E-state index contributed by atoms with van der Waals surface area (Å²) in [6, 6.07) is 17.2. The molecule has 4 aromatic rings. The largest absolute Gasteiger partial charge is 0.461 e. The molecule has 0 aliphatic heterocycles. The molecule has 0 unspecified atom stereocenters. The molecule has 0 atom stereocenters. The van der Waals surface area contributed by atoms with Gasteiger partial charge >= 0.3 is 5.97 Å². The van der Waals surface area contributed by atoms with Gasteiger partial charge in [0.2, 0.25) is 0 Å². The van der Waals surface area contributed by atoms with Gasteiger partial charge in [-0.3, -0.25) is 10.1 Å². The van der Waals surface area contributed by atoms with Crippen molar-refractivity contribution in [2.24, 2.45) is 0 Å². The van der Waals surface area contributed by atoms with Crippen molar-refractivity contribution in [1.82, 2.24) is 20.2 Å². The van der Waals surface area contributed by atoms with E-state index < -0.39 is 5.97 Å². The maximum Gasteiger partial charge on any atom is 0.356 e. The number of ether oxygens (including phenoxy) is 1. The third-order valence-corrected chi connectivity index (χ3v) is 3.99. The van der Waals surface area contributed by atoms with Gasteiger partial charge in [0.15, 0.2) is 0 Å². The molecule has 6 heteroatoms. The normalized spacial score (nSPS) is 10.8. The molecule has 3 aromatic heterocycles. The average molecular weight is 344 g/mol. The number of nitrogens with zero attached hydrogens (tertiary/aromatic N) is 3. The number of fused-ring (bicyclic) bond motifs is 1. The number of aromatic amines is 1. The number of H-pyrrole nitrogens is 1. The fourth-order valence-electron chi connectivity index (χ4n) is 2.81. The van der Waals surface area contributed by atoms with Crippen LogP contribution >= 0.6 is 0 Å². The molecule has 0 spiro atoms. The Hall–Kier alpha value is -3.54. The van der Waals surface area contributed by atoms with Gasteiger partial charge < -0.3 is 4.74 Å². The Morgan fingerprint density at radius 1 is 1.04 bits per heavy atom. The van der Waals surface area contributed by atoms with Gasteiger partial charge in [-0.05, 0) is 37.3 Å². The zero-order valence-electron chi connectivity index (χ0n) is 14.1. The Morgan fingerprint density at radius 3 is 2.69 bits per heavy atom. The first-order valence-corrected chi connectivity index (χ1v) is 8.30. The molecule has 1 aromatic carbocycles. The van der Waals surface area contributed by atoms with Crippen LogP contribution < -0.4 is 0 Å². The number of esters is 1. The Kier molecular flexibility index (Phi) is 4.15. The number of benzene rings is 1. The van der Waals surface area contributed by atoms with Crippen LogP contribution in [0.5, 0.6) is 0 Å². The molecule has 4 rings (SSSR count). The molecule has 0 saturated carbocycles. The number of para-hydroxylation sites is 1. The quantitative estimate of drug-likeness (QED) is 0.569. The zero-order chi connectivity index (χ0) is 17.9. The number of nitrogens with one attached hydrogen (secondary N) is 1. The number of carbonyl (C=O) groups excluding carboxylic acids is 1. The minimum absolute atomic E-state index is 0.315. The van der Waals surface area contributed by atoms with Gasteiger partial charge in [0.1, 0.15) is 5.69 Å². The number of aromatic nitrogens is 4. The van der Waals surface area contributed by atoms with Gasteiger partial charge in [0.05, 0.1) is 29.2 Å².